The van der Waals surface area contributed by atoms with Gasteiger partial charge in [-0.1, -0.05) is 11.6 Å². The van der Waals surface area contributed by atoms with E-state index in [-0.39, 0.29) is 5.91 Å². The topological polar surface area (TPSA) is 54.0 Å². The van der Waals surface area contributed by atoms with Crippen molar-refractivity contribution in [3.63, 3.8) is 0 Å². The van der Waals surface area contributed by atoms with E-state index in [2.05, 4.69) is 31.5 Å². The molecule has 0 unspecified atom stereocenters. The highest BCUT2D eigenvalue weighted by Gasteiger charge is 2.03. The van der Waals surface area contributed by atoms with Crippen LogP contribution in [-0.4, -0.2) is 10.9 Å². The quantitative estimate of drug-likeness (QED) is 0.870. The lowest BCUT2D eigenvalue weighted by Crippen LogP contribution is -2.06. The highest BCUT2D eigenvalue weighted by molar-refractivity contribution is 9.10. The minimum atomic E-state index is -0.146. The van der Waals surface area contributed by atoms with Crippen molar-refractivity contribution in [2.24, 2.45) is 0 Å². The normalized spacial score (nSPS) is 10.2. The average Bonchev–Trinajstić information content (AvgIpc) is 2.39. The lowest BCUT2D eigenvalue weighted by atomic mass is 10.2. The van der Waals surface area contributed by atoms with E-state index in [0.29, 0.717) is 17.3 Å². The van der Waals surface area contributed by atoms with Gasteiger partial charge in [0.05, 0.1) is 10.7 Å². The number of nitrogens with one attached hydrogen (secondary N) is 2. The summed E-state index contributed by atoms with van der Waals surface area (Å²) in [5, 5.41) is 6.42. The molecule has 20 heavy (non-hydrogen) atoms. The van der Waals surface area contributed by atoms with Gasteiger partial charge in [-0.3, -0.25) is 9.78 Å². The lowest BCUT2D eigenvalue weighted by Gasteiger charge is -2.10. The molecule has 1 heterocycles. The third kappa shape index (κ3) is 4.21. The number of anilines is 2. The number of nitrogens with zero attached hydrogens (tertiary/aromatic N) is 1. The second kappa shape index (κ2) is 6.72. The van der Waals surface area contributed by atoms with Gasteiger partial charge in [-0.15, -0.1) is 0 Å². The molecular weight excluding hydrogens is 342 g/mol. The van der Waals surface area contributed by atoms with Crippen molar-refractivity contribution in [3.05, 3.63) is 51.7 Å². The Hall–Kier alpha value is -1.59. The second-order valence-electron chi connectivity index (χ2n) is 4.24. The summed E-state index contributed by atoms with van der Waals surface area (Å²) in [6.07, 6.45) is 3.54. The number of hydrogen-bond donors (Lipinski definition) is 2. The first kappa shape index (κ1) is 14.8. The van der Waals surface area contributed by atoms with Crippen molar-refractivity contribution in [1.29, 1.82) is 0 Å². The summed E-state index contributed by atoms with van der Waals surface area (Å²) in [4.78, 5) is 15.1. The number of aromatic nitrogens is 1. The van der Waals surface area contributed by atoms with Gasteiger partial charge in [0.1, 0.15) is 0 Å². The van der Waals surface area contributed by atoms with Gasteiger partial charge in [0.2, 0.25) is 5.91 Å². The molecule has 1 aromatic heterocycles. The molecule has 0 aliphatic carbocycles. The van der Waals surface area contributed by atoms with Crippen LogP contribution in [0.1, 0.15) is 12.5 Å². The van der Waals surface area contributed by atoms with Gasteiger partial charge in [0, 0.05) is 36.0 Å². The van der Waals surface area contributed by atoms with Crippen LogP contribution in [0.2, 0.25) is 5.02 Å². The van der Waals surface area contributed by atoms with E-state index in [1.54, 1.807) is 24.5 Å². The maximum absolute atomic E-state index is 11.0. The standard InChI is InChI=1S/C14H13BrClN3O/c1-9(20)19-14-3-2-12(5-13(14)16)18-7-10-4-11(15)8-17-6-10/h2-6,8,18H,7H2,1H3,(H,19,20). The van der Waals surface area contributed by atoms with Crippen molar-refractivity contribution in [1.82, 2.24) is 4.98 Å². The largest absolute Gasteiger partial charge is 0.381 e. The molecule has 0 spiro atoms. The monoisotopic (exact) mass is 353 g/mol. The Morgan fingerprint density at radius 1 is 1.35 bits per heavy atom. The van der Waals surface area contributed by atoms with Crippen LogP contribution in [0.25, 0.3) is 0 Å². The Morgan fingerprint density at radius 2 is 2.15 bits per heavy atom. The molecule has 0 aliphatic rings. The van der Waals surface area contributed by atoms with E-state index in [0.717, 1.165) is 15.7 Å². The number of hydrogen-bond acceptors (Lipinski definition) is 3. The van der Waals surface area contributed by atoms with E-state index < -0.39 is 0 Å². The predicted molar refractivity (Wildman–Crippen MR) is 85.0 cm³/mol. The smallest absolute Gasteiger partial charge is 0.221 e. The van der Waals surface area contributed by atoms with Gasteiger partial charge in [0.15, 0.2) is 0 Å². The summed E-state index contributed by atoms with van der Waals surface area (Å²) in [5.41, 5.74) is 2.54. The second-order valence-corrected chi connectivity index (χ2v) is 5.56. The van der Waals surface area contributed by atoms with Crippen LogP contribution < -0.4 is 10.6 Å². The van der Waals surface area contributed by atoms with Crippen molar-refractivity contribution in [2.45, 2.75) is 13.5 Å². The highest BCUT2D eigenvalue weighted by atomic mass is 79.9. The van der Waals surface area contributed by atoms with Crippen LogP contribution in [0.5, 0.6) is 0 Å². The number of carbonyl (C=O) groups excluding carboxylic acids is 1. The molecule has 2 rings (SSSR count). The molecule has 0 saturated carbocycles. The first-order valence-electron chi connectivity index (χ1n) is 5.95. The van der Waals surface area contributed by atoms with E-state index in [1.165, 1.54) is 6.92 Å². The van der Waals surface area contributed by atoms with Gasteiger partial charge in [0.25, 0.3) is 0 Å². The summed E-state index contributed by atoms with van der Waals surface area (Å²) in [6, 6.07) is 7.40. The molecule has 0 saturated heterocycles. The zero-order valence-electron chi connectivity index (χ0n) is 10.8. The molecule has 4 nitrogen and oxygen atoms in total. The zero-order chi connectivity index (χ0) is 14.5. The average molecular weight is 355 g/mol. The zero-order valence-corrected chi connectivity index (χ0v) is 13.1. The van der Waals surface area contributed by atoms with Crippen molar-refractivity contribution >= 4 is 44.8 Å². The Balaban J connectivity index is 2.03. The number of carbonyl (C=O) groups is 1. The number of rotatable bonds is 4. The molecule has 0 fully saturated rings. The molecule has 6 heteroatoms. The molecule has 1 aromatic carbocycles. The molecule has 0 atom stereocenters. The lowest BCUT2D eigenvalue weighted by molar-refractivity contribution is -0.114. The third-order valence-corrected chi connectivity index (χ3v) is 3.28. The van der Waals surface area contributed by atoms with Crippen LogP contribution in [0.3, 0.4) is 0 Å². The number of halogens is 2. The molecule has 0 aliphatic heterocycles. The minimum Gasteiger partial charge on any atom is -0.381 e. The Bertz CT molecular complexity index is 634. The van der Waals surface area contributed by atoms with Gasteiger partial charge >= 0.3 is 0 Å². The van der Waals surface area contributed by atoms with Crippen molar-refractivity contribution in [3.8, 4) is 0 Å². The maximum atomic E-state index is 11.0. The summed E-state index contributed by atoms with van der Waals surface area (Å²) in [6.45, 7) is 2.09. The Morgan fingerprint density at radius 3 is 2.80 bits per heavy atom. The molecule has 0 radical (unpaired) electrons. The molecule has 2 N–H and O–H groups in total. The molecule has 1 amide bonds. The molecule has 2 aromatic rings. The van der Waals surface area contributed by atoms with Crippen LogP contribution in [0.15, 0.2) is 41.1 Å². The van der Waals surface area contributed by atoms with E-state index in [1.807, 2.05) is 12.1 Å². The first-order valence-corrected chi connectivity index (χ1v) is 7.12. The first-order chi connectivity index (χ1) is 9.54. The van der Waals surface area contributed by atoms with Crippen molar-refractivity contribution < 1.29 is 4.79 Å². The fourth-order valence-electron chi connectivity index (χ4n) is 1.67. The Kier molecular flexibility index (Phi) is 4.98. The fourth-order valence-corrected chi connectivity index (χ4v) is 2.31. The summed E-state index contributed by atoms with van der Waals surface area (Å²) >= 11 is 9.49. The van der Waals surface area contributed by atoms with Crippen molar-refractivity contribution in [2.75, 3.05) is 10.6 Å². The number of amides is 1. The summed E-state index contributed by atoms with van der Waals surface area (Å²) in [5.74, 6) is -0.146. The van der Waals surface area contributed by atoms with Crippen LogP contribution >= 0.6 is 27.5 Å². The van der Waals surface area contributed by atoms with Gasteiger partial charge in [-0.05, 0) is 45.8 Å². The fraction of sp³-hybridized carbons (Fsp3) is 0.143. The predicted octanol–water partition coefficient (Wildman–Crippen LogP) is 4.07. The van der Waals surface area contributed by atoms with E-state index in [9.17, 15) is 4.79 Å². The summed E-state index contributed by atoms with van der Waals surface area (Å²) < 4.78 is 0.941. The van der Waals surface area contributed by atoms with Gasteiger partial charge in [-0.2, -0.15) is 0 Å². The Labute approximate surface area is 130 Å². The minimum absolute atomic E-state index is 0.146. The SMILES string of the molecule is CC(=O)Nc1ccc(NCc2cncc(Br)c2)cc1Cl. The van der Waals surface area contributed by atoms with Crippen LogP contribution in [0, 0.1) is 0 Å². The van der Waals surface area contributed by atoms with Gasteiger partial charge in [-0.25, -0.2) is 0 Å². The third-order valence-electron chi connectivity index (χ3n) is 2.54. The summed E-state index contributed by atoms with van der Waals surface area (Å²) in [7, 11) is 0. The number of benzene rings is 1. The van der Waals surface area contributed by atoms with Crippen LogP contribution in [0.4, 0.5) is 11.4 Å². The molecule has 104 valence electrons. The van der Waals surface area contributed by atoms with E-state index in [4.69, 9.17) is 11.6 Å². The highest BCUT2D eigenvalue weighted by Crippen LogP contribution is 2.25. The van der Waals surface area contributed by atoms with Crippen LogP contribution in [-0.2, 0) is 11.3 Å². The molecule has 0 bridgehead atoms. The van der Waals surface area contributed by atoms with E-state index >= 15 is 0 Å². The molecular formula is C14H13BrClN3O. The maximum Gasteiger partial charge on any atom is 0.221 e. The van der Waals surface area contributed by atoms with Gasteiger partial charge < -0.3 is 10.6 Å². The number of pyridine rings is 1.